The van der Waals surface area contributed by atoms with Crippen LogP contribution in [0, 0.1) is 6.92 Å². The lowest BCUT2D eigenvalue weighted by Crippen LogP contribution is -2.20. The number of aryl methyl sites for hydroxylation is 1. The molecule has 2 nitrogen and oxygen atoms in total. The maximum absolute atomic E-state index is 3.38. The Bertz CT molecular complexity index is 708. The van der Waals surface area contributed by atoms with Gasteiger partial charge in [0, 0.05) is 17.1 Å². The van der Waals surface area contributed by atoms with Crippen molar-refractivity contribution >= 4 is 10.9 Å². The highest BCUT2D eigenvalue weighted by molar-refractivity contribution is 5.84. The van der Waals surface area contributed by atoms with E-state index in [-0.39, 0.29) is 6.04 Å². The minimum atomic E-state index is 0.270. The second-order valence-corrected chi connectivity index (χ2v) is 5.57. The van der Waals surface area contributed by atoms with Gasteiger partial charge in [0.1, 0.15) is 0 Å². The van der Waals surface area contributed by atoms with Crippen LogP contribution in [-0.2, 0) is 0 Å². The molecule has 1 aromatic heterocycles. The van der Waals surface area contributed by atoms with Crippen LogP contribution < -0.4 is 0 Å². The number of aromatic amines is 1. The fraction of sp³-hybridized carbons (Fsp3) is 0.222. The summed E-state index contributed by atoms with van der Waals surface area (Å²) >= 11 is 0. The maximum atomic E-state index is 3.38. The van der Waals surface area contributed by atoms with E-state index in [1.165, 1.54) is 27.6 Å². The standard InChI is InChI=1S/C18H20N2/c1-13-8-10-14(11-9-13)18(20(2)3)16-12-19-17-7-5-4-6-15(16)17/h4-12,18-19H,1-3H3. The number of hydrogen-bond acceptors (Lipinski definition) is 1. The number of para-hydroxylation sites is 1. The highest BCUT2D eigenvalue weighted by Gasteiger charge is 2.19. The lowest BCUT2D eigenvalue weighted by Gasteiger charge is -2.25. The second kappa shape index (κ2) is 5.14. The smallest absolute Gasteiger partial charge is 0.0617 e. The molecule has 1 atom stereocenters. The average Bonchev–Trinajstić information content (AvgIpc) is 2.85. The Hall–Kier alpha value is -2.06. The minimum Gasteiger partial charge on any atom is -0.361 e. The van der Waals surface area contributed by atoms with E-state index in [2.05, 4.69) is 85.6 Å². The molecular formula is C18H20N2. The number of nitrogens with one attached hydrogen (secondary N) is 1. The molecule has 0 amide bonds. The van der Waals surface area contributed by atoms with E-state index in [9.17, 15) is 0 Å². The molecular weight excluding hydrogens is 244 g/mol. The van der Waals surface area contributed by atoms with Gasteiger partial charge >= 0.3 is 0 Å². The lowest BCUT2D eigenvalue weighted by atomic mass is 9.96. The normalized spacial score (nSPS) is 13.0. The molecule has 1 unspecified atom stereocenters. The van der Waals surface area contributed by atoms with Crippen LogP contribution in [-0.4, -0.2) is 24.0 Å². The summed E-state index contributed by atoms with van der Waals surface area (Å²) in [4.78, 5) is 5.64. The molecule has 1 N–H and O–H groups in total. The van der Waals surface area contributed by atoms with E-state index in [1.807, 2.05) is 0 Å². The number of H-pyrrole nitrogens is 1. The average molecular weight is 264 g/mol. The zero-order chi connectivity index (χ0) is 14.1. The summed E-state index contributed by atoms with van der Waals surface area (Å²) in [6.07, 6.45) is 2.13. The van der Waals surface area contributed by atoms with Crippen molar-refractivity contribution in [3.63, 3.8) is 0 Å². The van der Waals surface area contributed by atoms with Crippen LogP contribution in [0.2, 0.25) is 0 Å². The molecule has 0 bridgehead atoms. The summed E-state index contributed by atoms with van der Waals surface area (Å²) in [5.41, 5.74) is 5.14. The Labute approximate surface area is 120 Å². The summed E-state index contributed by atoms with van der Waals surface area (Å²) in [7, 11) is 4.26. The number of rotatable bonds is 3. The first-order chi connectivity index (χ1) is 9.66. The molecule has 3 rings (SSSR count). The molecule has 102 valence electrons. The predicted molar refractivity (Wildman–Crippen MR) is 85.0 cm³/mol. The zero-order valence-corrected chi connectivity index (χ0v) is 12.2. The van der Waals surface area contributed by atoms with Crippen LogP contribution in [0.25, 0.3) is 10.9 Å². The van der Waals surface area contributed by atoms with Gasteiger partial charge in [0.15, 0.2) is 0 Å². The summed E-state index contributed by atoms with van der Waals surface area (Å²) in [5, 5.41) is 1.30. The van der Waals surface area contributed by atoms with E-state index in [4.69, 9.17) is 0 Å². The zero-order valence-electron chi connectivity index (χ0n) is 12.2. The van der Waals surface area contributed by atoms with Crippen molar-refractivity contribution in [2.75, 3.05) is 14.1 Å². The van der Waals surface area contributed by atoms with Crippen LogP contribution in [0.1, 0.15) is 22.7 Å². The molecule has 20 heavy (non-hydrogen) atoms. The van der Waals surface area contributed by atoms with Gasteiger partial charge in [-0.05, 0) is 38.2 Å². The van der Waals surface area contributed by atoms with Gasteiger partial charge in [-0.1, -0.05) is 48.0 Å². The number of benzene rings is 2. The molecule has 1 heterocycles. The molecule has 0 saturated carbocycles. The van der Waals surface area contributed by atoms with E-state index in [0.717, 1.165) is 0 Å². The van der Waals surface area contributed by atoms with E-state index in [1.54, 1.807) is 0 Å². The van der Waals surface area contributed by atoms with Gasteiger partial charge in [-0.3, -0.25) is 4.90 Å². The number of aromatic nitrogens is 1. The summed E-state index contributed by atoms with van der Waals surface area (Å²) in [5.74, 6) is 0. The third kappa shape index (κ3) is 2.23. The Balaban J connectivity index is 2.13. The molecule has 0 aliphatic heterocycles. The van der Waals surface area contributed by atoms with Crippen molar-refractivity contribution in [1.82, 2.24) is 9.88 Å². The molecule has 2 heteroatoms. The van der Waals surface area contributed by atoms with Crippen molar-refractivity contribution in [3.8, 4) is 0 Å². The van der Waals surface area contributed by atoms with Gasteiger partial charge in [-0.15, -0.1) is 0 Å². The molecule has 0 saturated heterocycles. The second-order valence-electron chi connectivity index (χ2n) is 5.57. The van der Waals surface area contributed by atoms with Gasteiger partial charge in [0.25, 0.3) is 0 Å². The molecule has 0 radical (unpaired) electrons. The van der Waals surface area contributed by atoms with Crippen molar-refractivity contribution in [1.29, 1.82) is 0 Å². The topological polar surface area (TPSA) is 19.0 Å². The Morgan fingerprint density at radius 3 is 2.35 bits per heavy atom. The summed E-state index contributed by atoms with van der Waals surface area (Å²) in [6.45, 7) is 2.13. The van der Waals surface area contributed by atoms with E-state index < -0.39 is 0 Å². The third-order valence-corrected chi connectivity index (χ3v) is 3.83. The minimum absolute atomic E-state index is 0.270. The van der Waals surface area contributed by atoms with Crippen LogP contribution in [0.4, 0.5) is 0 Å². The van der Waals surface area contributed by atoms with Crippen molar-refractivity contribution in [2.45, 2.75) is 13.0 Å². The van der Waals surface area contributed by atoms with Crippen LogP contribution in [0.3, 0.4) is 0 Å². The molecule has 0 spiro atoms. The fourth-order valence-corrected chi connectivity index (χ4v) is 2.82. The van der Waals surface area contributed by atoms with Crippen LogP contribution in [0.5, 0.6) is 0 Å². The Morgan fingerprint density at radius 1 is 0.950 bits per heavy atom. The van der Waals surface area contributed by atoms with Crippen LogP contribution in [0.15, 0.2) is 54.7 Å². The van der Waals surface area contributed by atoms with Crippen LogP contribution >= 0.6 is 0 Å². The Kier molecular flexibility index (Phi) is 3.33. The molecule has 0 fully saturated rings. The summed E-state index contributed by atoms with van der Waals surface area (Å²) in [6, 6.07) is 17.6. The highest BCUT2D eigenvalue weighted by atomic mass is 15.1. The number of hydrogen-bond donors (Lipinski definition) is 1. The highest BCUT2D eigenvalue weighted by Crippen LogP contribution is 2.32. The van der Waals surface area contributed by atoms with Gasteiger partial charge in [0.05, 0.1) is 6.04 Å². The lowest BCUT2D eigenvalue weighted by molar-refractivity contribution is 0.344. The van der Waals surface area contributed by atoms with Gasteiger partial charge in [0.2, 0.25) is 0 Å². The largest absolute Gasteiger partial charge is 0.361 e. The molecule has 0 aliphatic carbocycles. The fourth-order valence-electron chi connectivity index (χ4n) is 2.82. The van der Waals surface area contributed by atoms with Gasteiger partial charge in [-0.25, -0.2) is 0 Å². The first kappa shape index (κ1) is 12.9. The molecule has 0 aliphatic rings. The van der Waals surface area contributed by atoms with E-state index in [0.29, 0.717) is 0 Å². The maximum Gasteiger partial charge on any atom is 0.0617 e. The quantitative estimate of drug-likeness (QED) is 0.753. The van der Waals surface area contributed by atoms with Crippen molar-refractivity contribution in [2.24, 2.45) is 0 Å². The first-order valence-corrected chi connectivity index (χ1v) is 6.96. The molecule has 2 aromatic carbocycles. The monoisotopic (exact) mass is 264 g/mol. The van der Waals surface area contributed by atoms with Gasteiger partial charge < -0.3 is 4.98 Å². The first-order valence-electron chi connectivity index (χ1n) is 6.96. The molecule has 3 aromatic rings. The van der Waals surface area contributed by atoms with Crippen molar-refractivity contribution < 1.29 is 0 Å². The van der Waals surface area contributed by atoms with Gasteiger partial charge in [-0.2, -0.15) is 0 Å². The predicted octanol–water partition coefficient (Wildman–Crippen LogP) is 4.13. The van der Waals surface area contributed by atoms with Crippen molar-refractivity contribution in [3.05, 3.63) is 71.4 Å². The number of fused-ring (bicyclic) bond motifs is 1. The Morgan fingerprint density at radius 2 is 1.65 bits per heavy atom. The summed E-state index contributed by atoms with van der Waals surface area (Å²) < 4.78 is 0. The SMILES string of the molecule is Cc1ccc(C(c2c[nH]c3ccccc23)N(C)C)cc1. The third-order valence-electron chi connectivity index (χ3n) is 3.83. The van der Waals surface area contributed by atoms with E-state index >= 15 is 0 Å². The number of nitrogens with zero attached hydrogens (tertiary/aromatic N) is 1.